The minimum atomic E-state index is 0.0239. The van der Waals surface area contributed by atoms with Gasteiger partial charge in [-0.05, 0) is 31.4 Å². The molecule has 0 saturated carbocycles. The van der Waals surface area contributed by atoms with Gasteiger partial charge in [-0.1, -0.05) is 44.0 Å². The van der Waals surface area contributed by atoms with Crippen LogP contribution >= 0.6 is 34.8 Å². The van der Waals surface area contributed by atoms with Gasteiger partial charge in [-0.2, -0.15) is 0 Å². The molecule has 2 rings (SSSR count). The van der Waals surface area contributed by atoms with Crippen molar-refractivity contribution in [2.24, 2.45) is 0 Å². The molecule has 5 heteroatoms. The van der Waals surface area contributed by atoms with E-state index in [0.717, 1.165) is 36.1 Å². The Morgan fingerprint density at radius 2 is 1.60 bits per heavy atom. The van der Waals surface area contributed by atoms with Gasteiger partial charge in [-0.3, -0.25) is 0 Å². The van der Waals surface area contributed by atoms with E-state index in [1.54, 1.807) is 0 Å². The van der Waals surface area contributed by atoms with Crippen LogP contribution in [-0.4, -0.2) is 9.55 Å². The average molecular weight is 334 g/mol. The maximum atomic E-state index is 6.19. The van der Waals surface area contributed by atoms with E-state index < -0.39 is 0 Å². The van der Waals surface area contributed by atoms with Crippen molar-refractivity contribution in [1.29, 1.82) is 0 Å². The molecule has 0 fully saturated rings. The topological polar surface area (TPSA) is 17.8 Å². The molecule has 0 aliphatic rings. The normalized spacial score (nSPS) is 12.3. The Labute approximate surface area is 135 Å². The number of benzene rings is 1. The van der Waals surface area contributed by atoms with E-state index in [0.29, 0.717) is 15.9 Å². The van der Waals surface area contributed by atoms with E-state index in [9.17, 15) is 0 Å². The van der Waals surface area contributed by atoms with Crippen molar-refractivity contribution in [3.8, 4) is 0 Å². The van der Waals surface area contributed by atoms with E-state index in [-0.39, 0.29) is 5.54 Å². The fourth-order valence-corrected chi connectivity index (χ4v) is 3.46. The summed E-state index contributed by atoms with van der Waals surface area (Å²) in [6.45, 7) is 6.61. The molecule has 1 aromatic heterocycles. The SMILES string of the molecule is CCC(CC)(CC)n1c(CCl)nc2cc(Cl)c(Cl)cc21. The zero-order chi connectivity index (χ0) is 14.9. The van der Waals surface area contributed by atoms with Crippen LogP contribution in [0.3, 0.4) is 0 Å². The molecule has 1 aromatic carbocycles. The molecule has 0 atom stereocenters. The van der Waals surface area contributed by atoms with Crippen molar-refractivity contribution in [3.05, 3.63) is 28.0 Å². The number of alkyl halides is 1. The predicted molar refractivity (Wildman–Crippen MR) is 88.2 cm³/mol. The summed E-state index contributed by atoms with van der Waals surface area (Å²) in [5, 5.41) is 1.08. The molecule has 0 amide bonds. The second kappa shape index (κ2) is 6.13. The van der Waals surface area contributed by atoms with Gasteiger partial charge in [0.15, 0.2) is 0 Å². The van der Waals surface area contributed by atoms with Crippen LogP contribution in [0.15, 0.2) is 12.1 Å². The summed E-state index contributed by atoms with van der Waals surface area (Å²) in [5.74, 6) is 1.26. The average Bonchev–Trinajstić information content (AvgIpc) is 2.81. The molecule has 110 valence electrons. The standard InChI is InChI=1S/C15H19Cl3N2/c1-4-15(5-2,6-3)20-13-8-11(18)10(17)7-12(13)19-14(20)9-16/h7-8H,4-6,9H2,1-3H3. The molecule has 1 heterocycles. The molecule has 0 aliphatic heterocycles. The number of imidazole rings is 1. The monoisotopic (exact) mass is 332 g/mol. The van der Waals surface area contributed by atoms with Gasteiger partial charge in [0, 0.05) is 5.54 Å². The third kappa shape index (κ3) is 2.43. The van der Waals surface area contributed by atoms with Crippen LogP contribution in [0.25, 0.3) is 11.0 Å². The third-order valence-corrected chi connectivity index (χ3v) is 5.30. The maximum Gasteiger partial charge on any atom is 0.125 e. The second-order valence-corrected chi connectivity index (χ2v) is 6.12. The fourth-order valence-electron chi connectivity index (χ4n) is 2.97. The first kappa shape index (κ1) is 15.9. The van der Waals surface area contributed by atoms with Gasteiger partial charge in [0.2, 0.25) is 0 Å². The first-order valence-corrected chi connectivity index (χ1v) is 8.24. The molecular weight excluding hydrogens is 315 g/mol. The van der Waals surface area contributed by atoms with E-state index in [1.807, 2.05) is 12.1 Å². The lowest BCUT2D eigenvalue weighted by molar-refractivity contribution is 0.253. The van der Waals surface area contributed by atoms with Crippen molar-refractivity contribution in [1.82, 2.24) is 9.55 Å². The van der Waals surface area contributed by atoms with Gasteiger partial charge in [0.25, 0.3) is 0 Å². The molecule has 20 heavy (non-hydrogen) atoms. The van der Waals surface area contributed by atoms with E-state index in [1.165, 1.54) is 0 Å². The highest BCUT2D eigenvalue weighted by molar-refractivity contribution is 6.42. The van der Waals surface area contributed by atoms with Crippen LogP contribution < -0.4 is 0 Å². The van der Waals surface area contributed by atoms with E-state index in [4.69, 9.17) is 34.8 Å². The van der Waals surface area contributed by atoms with Crippen LogP contribution in [0.4, 0.5) is 0 Å². The number of rotatable bonds is 5. The molecular formula is C15H19Cl3N2. The largest absolute Gasteiger partial charge is 0.321 e. The van der Waals surface area contributed by atoms with Gasteiger partial charge >= 0.3 is 0 Å². The highest BCUT2D eigenvalue weighted by Crippen LogP contribution is 2.37. The minimum Gasteiger partial charge on any atom is -0.321 e. The summed E-state index contributed by atoms with van der Waals surface area (Å²) < 4.78 is 2.26. The number of fused-ring (bicyclic) bond motifs is 1. The summed E-state index contributed by atoms with van der Waals surface area (Å²) in [4.78, 5) is 4.63. The van der Waals surface area contributed by atoms with Gasteiger partial charge < -0.3 is 4.57 Å². The zero-order valence-corrected chi connectivity index (χ0v) is 14.3. The fraction of sp³-hybridized carbons (Fsp3) is 0.533. The summed E-state index contributed by atoms with van der Waals surface area (Å²) in [7, 11) is 0. The van der Waals surface area contributed by atoms with Crippen LogP contribution in [0.5, 0.6) is 0 Å². The molecule has 0 spiro atoms. The smallest absolute Gasteiger partial charge is 0.125 e. The Kier molecular flexibility index (Phi) is 4.88. The molecule has 2 nitrogen and oxygen atoms in total. The number of aromatic nitrogens is 2. The summed E-state index contributed by atoms with van der Waals surface area (Å²) in [6.07, 6.45) is 3.07. The maximum absolute atomic E-state index is 6.19. The van der Waals surface area contributed by atoms with Crippen LogP contribution in [-0.2, 0) is 11.4 Å². The Bertz CT molecular complexity index is 607. The second-order valence-electron chi connectivity index (χ2n) is 5.04. The molecule has 0 N–H and O–H groups in total. The third-order valence-electron chi connectivity index (χ3n) is 4.33. The molecule has 0 radical (unpaired) electrons. The first-order valence-electron chi connectivity index (χ1n) is 6.95. The molecule has 0 unspecified atom stereocenters. The summed E-state index contributed by atoms with van der Waals surface area (Å²) in [5.41, 5.74) is 1.89. The molecule has 0 aliphatic carbocycles. The summed E-state index contributed by atoms with van der Waals surface area (Å²) in [6, 6.07) is 3.72. The van der Waals surface area contributed by atoms with Gasteiger partial charge in [0.05, 0.1) is 27.0 Å². The van der Waals surface area contributed by atoms with E-state index in [2.05, 4.69) is 30.3 Å². The predicted octanol–water partition coefficient (Wildman–Crippen LogP) is 6.01. The van der Waals surface area contributed by atoms with E-state index >= 15 is 0 Å². The van der Waals surface area contributed by atoms with Crippen molar-refractivity contribution < 1.29 is 0 Å². The van der Waals surface area contributed by atoms with Crippen molar-refractivity contribution >= 4 is 45.8 Å². The van der Waals surface area contributed by atoms with Crippen LogP contribution in [0.1, 0.15) is 45.9 Å². The van der Waals surface area contributed by atoms with Gasteiger partial charge in [-0.25, -0.2) is 4.98 Å². The number of nitrogens with zero attached hydrogens (tertiary/aromatic N) is 2. The molecule has 0 bridgehead atoms. The van der Waals surface area contributed by atoms with Crippen molar-refractivity contribution in [2.75, 3.05) is 0 Å². The Balaban J connectivity index is 2.82. The summed E-state index contributed by atoms with van der Waals surface area (Å²) >= 11 is 18.4. The van der Waals surface area contributed by atoms with Gasteiger partial charge in [-0.15, -0.1) is 11.6 Å². The van der Waals surface area contributed by atoms with Crippen molar-refractivity contribution in [3.63, 3.8) is 0 Å². The minimum absolute atomic E-state index is 0.0239. The first-order chi connectivity index (χ1) is 9.52. The Morgan fingerprint density at radius 3 is 2.10 bits per heavy atom. The molecule has 2 aromatic rings. The quantitative estimate of drug-likeness (QED) is 0.613. The lowest BCUT2D eigenvalue weighted by Crippen LogP contribution is -2.32. The van der Waals surface area contributed by atoms with Gasteiger partial charge in [0.1, 0.15) is 5.82 Å². The lowest BCUT2D eigenvalue weighted by atomic mass is 9.89. The van der Waals surface area contributed by atoms with Crippen molar-refractivity contribution in [2.45, 2.75) is 51.5 Å². The Morgan fingerprint density at radius 1 is 1.05 bits per heavy atom. The Hall–Kier alpha value is -0.440. The number of halogens is 3. The zero-order valence-electron chi connectivity index (χ0n) is 12.0. The van der Waals surface area contributed by atoms with Crippen LogP contribution in [0.2, 0.25) is 10.0 Å². The lowest BCUT2D eigenvalue weighted by Gasteiger charge is -2.34. The number of hydrogen-bond donors (Lipinski definition) is 0. The van der Waals surface area contributed by atoms with Crippen LogP contribution in [0, 0.1) is 0 Å². The molecule has 0 saturated heterocycles. The highest BCUT2D eigenvalue weighted by Gasteiger charge is 2.30. The number of hydrogen-bond acceptors (Lipinski definition) is 1. The highest BCUT2D eigenvalue weighted by atomic mass is 35.5.